The van der Waals surface area contributed by atoms with Crippen molar-refractivity contribution >= 4 is 11.7 Å². The quantitative estimate of drug-likeness (QED) is 0.803. The molecule has 0 saturated heterocycles. The van der Waals surface area contributed by atoms with Crippen LogP contribution < -0.4 is 5.32 Å². The van der Waals surface area contributed by atoms with Gasteiger partial charge in [0.05, 0.1) is 0 Å². The Bertz CT molecular complexity index is 420. The highest BCUT2D eigenvalue weighted by Crippen LogP contribution is 2.44. The van der Waals surface area contributed by atoms with Crippen LogP contribution in [0.4, 0.5) is 5.82 Å². The lowest BCUT2D eigenvalue weighted by Crippen LogP contribution is -2.23. The molecule has 86 valence electrons. The molecule has 0 radical (unpaired) electrons. The zero-order valence-corrected chi connectivity index (χ0v) is 9.55. The summed E-state index contributed by atoms with van der Waals surface area (Å²) >= 11 is 0. The minimum atomic E-state index is 0.103. The second kappa shape index (κ2) is 3.61. The van der Waals surface area contributed by atoms with Gasteiger partial charge < -0.3 is 5.32 Å². The van der Waals surface area contributed by atoms with Crippen molar-refractivity contribution < 1.29 is 4.79 Å². The average Bonchev–Trinajstić information content (AvgIpc) is 2.58. The van der Waals surface area contributed by atoms with E-state index in [0.29, 0.717) is 18.3 Å². The molecule has 1 atom stereocenters. The van der Waals surface area contributed by atoms with Crippen molar-refractivity contribution in [3.8, 4) is 0 Å². The molecule has 1 aromatic rings. The van der Waals surface area contributed by atoms with Crippen LogP contribution in [-0.4, -0.2) is 16.1 Å². The maximum atomic E-state index is 11.5. The molecule has 1 aliphatic heterocycles. The Labute approximate surface area is 94.8 Å². The van der Waals surface area contributed by atoms with Crippen molar-refractivity contribution in [2.45, 2.75) is 50.9 Å². The summed E-state index contributed by atoms with van der Waals surface area (Å²) in [5.74, 6) is 1.90. The molecule has 4 heteroatoms. The van der Waals surface area contributed by atoms with Gasteiger partial charge in [0.2, 0.25) is 5.91 Å². The first kappa shape index (κ1) is 9.87. The molecule has 16 heavy (non-hydrogen) atoms. The Morgan fingerprint density at radius 2 is 2.25 bits per heavy atom. The van der Waals surface area contributed by atoms with Gasteiger partial charge in [0, 0.05) is 23.6 Å². The van der Waals surface area contributed by atoms with Gasteiger partial charge in [-0.2, -0.15) is 5.10 Å². The fourth-order valence-corrected chi connectivity index (χ4v) is 2.74. The predicted molar refractivity (Wildman–Crippen MR) is 61.5 cm³/mol. The molecule has 1 fully saturated rings. The number of rotatable bonds is 2. The van der Waals surface area contributed by atoms with Crippen LogP contribution in [0.15, 0.2) is 0 Å². The summed E-state index contributed by atoms with van der Waals surface area (Å²) in [4.78, 5) is 11.5. The molecule has 2 aliphatic rings. The van der Waals surface area contributed by atoms with Gasteiger partial charge in [0.15, 0.2) is 5.82 Å². The van der Waals surface area contributed by atoms with Crippen molar-refractivity contribution in [2.75, 3.05) is 5.32 Å². The number of hydrogen-bond donors (Lipinski definition) is 2. The maximum Gasteiger partial charge on any atom is 0.226 e. The largest absolute Gasteiger partial charge is 0.309 e. The van der Waals surface area contributed by atoms with E-state index >= 15 is 0 Å². The first-order valence-corrected chi connectivity index (χ1v) is 6.17. The normalized spacial score (nSPS) is 24.8. The molecular weight excluding hydrogens is 202 g/mol. The molecule has 0 aromatic carbocycles. The smallest absolute Gasteiger partial charge is 0.226 e. The lowest BCUT2D eigenvalue weighted by atomic mass is 9.78. The first-order valence-electron chi connectivity index (χ1n) is 6.17. The molecule has 1 unspecified atom stereocenters. The predicted octanol–water partition coefficient (Wildman–Crippen LogP) is 2.51. The van der Waals surface area contributed by atoms with Crippen LogP contribution in [-0.2, 0) is 4.79 Å². The molecule has 1 aromatic heterocycles. The highest BCUT2D eigenvalue weighted by Gasteiger charge is 2.33. The molecule has 0 spiro atoms. The maximum absolute atomic E-state index is 11.5. The highest BCUT2D eigenvalue weighted by molar-refractivity contribution is 5.93. The minimum Gasteiger partial charge on any atom is -0.309 e. The van der Waals surface area contributed by atoms with E-state index in [9.17, 15) is 4.79 Å². The molecule has 2 N–H and O–H groups in total. The second-order valence-electron chi connectivity index (χ2n) is 4.88. The topological polar surface area (TPSA) is 57.8 Å². The van der Waals surface area contributed by atoms with E-state index in [4.69, 9.17) is 0 Å². The van der Waals surface area contributed by atoms with Crippen LogP contribution in [0.1, 0.15) is 62.1 Å². The van der Waals surface area contributed by atoms with Crippen LogP contribution in [0.2, 0.25) is 0 Å². The number of carbonyl (C=O) groups is 1. The van der Waals surface area contributed by atoms with Crippen LogP contribution in [0.25, 0.3) is 0 Å². The Balaban J connectivity index is 2.00. The molecule has 3 rings (SSSR count). The minimum absolute atomic E-state index is 0.103. The molecule has 1 amide bonds. The van der Waals surface area contributed by atoms with Crippen LogP contribution in [0.5, 0.6) is 0 Å². The first-order chi connectivity index (χ1) is 7.79. The summed E-state index contributed by atoms with van der Waals surface area (Å²) in [7, 11) is 0. The Hall–Kier alpha value is -1.32. The summed E-state index contributed by atoms with van der Waals surface area (Å²) in [6.07, 6.45) is 5.47. The zero-order valence-electron chi connectivity index (χ0n) is 9.55. The third-order valence-electron chi connectivity index (χ3n) is 3.94. The summed E-state index contributed by atoms with van der Waals surface area (Å²) in [5.41, 5.74) is 2.57. The van der Waals surface area contributed by atoms with Gasteiger partial charge in [-0.15, -0.1) is 0 Å². The number of amides is 1. The number of nitrogens with zero attached hydrogens (tertiary/aromatic N) is 1. The molecule has 1 saturated carbocycles. The summed E-state index contributed by atoms with van der Waals surface area (Å²) in [6, 6.07) is 0. The van der Waals surface area contributed by atoms with Crippen molar-refractivity contribution in [2.24, 2.45) is 0 Å². The summed E-state index contributed by atoms with van der Waals surface area (Å²) in [6.45, 7) is 2.14. The Morgan fingerprint density at radius 3 is 2.88 bits per heavy atom. The van der Waals surface area contributed by atoms with E-state index in [1.54, 1.807) is 0 Å². The van der Waals surface area contributed by atoms with E-state index in [0.717, 1.165) is 12.2 Å². The standard InChI is InChI=1S/C12H17N3O/c1-2-7-6-9(16)13-12-10(7)11(14-15-12)8-4-3-5-8/h7-8H,2-6H2,1H3,(H2,13,14,15,16). The monoisotopic (exact) mass is 219 g/mol. The number of fused-ring (bicyclic) bond motifs is 1. The number of H-pyrrole nitrogens is 1. The third kappa shape index (κ3) is 1.36. The van der Waals surface area contributed by atoms with Gasteiger partial charge in [-0.05, 0) is 25.2 Å². The number of hydrogen-bond acceptors (Lipinski definition) is 2. The van der Waals surface area contributed by atoms with Gasteiger partial charge in [-0.3, -0.25) is 9.89 Å². The Kier molecular flexibility index (Phi) is 2.23. The van der Waals surface area contributed by atoms with Crippen molar-refractivity contribution in [3.63, 3.8) is 0 Å². The number of nitrogens with one attached hydrogen (secondary N) is 2. The SMILES string of the molecule is CCC1CC(=O)Nc2n[nH]c(C3CCC3)c21. The van der Waals surface area contributed by atoms with E-state index in [1.165, 1.54) is 30.5 Å². The highest BCUT2D eigenvalue weighted by atomic mass is 16.1. The van der Waals surface area contributed by atoms with Crippen molar-refractivity contribution in [1.29, 1.82) is 0 Å². The number of anilines is 1. The van der Waals surface area contributed by atoms with Crippen LogP contribution >= 0.6 is 0 Å². The van der Waals surface area contributed by atoms with Crippen molar-refractivity contribution in [1.82, 2.24) is 10.2 Å². The molecular formula is C12H17N3O. The van der Waals surface area contributed by atoms with Gasteiger partial charge >= 0.3 is 0 Å². The second-order valence-corrected chi connectivity index (χ2v) is 4.88. The average molecular weight is 219 g/mol. The van der Waals surface area contributed by atoms with Crippen LogP contribution in [0.3, 0.4) is 0 Å². The summed E-state index contributed by atoms with van der Waals surface area (Å²) < 4.78 is 0. The number of aromatic nitrogens is 2. The van der Waals surface area contributed by atoms with Gasteiger partial charge in [0.25, 0.3) is 0 Å². The lowest BCUT2D eigenvalue weighted by Gasteiger charge is -2.28. The number of carbonyl (C=O) groups excluding carboxylic acids is 1. The fourth-order valence-electron chi connectivity index (χ4n) is 2.74. The number of aromatic amines is 1. The van der Waals surface area contributed by atoms with Gasteiger partial charge in [-0.25, -0.2) is 0 Å². The molecule has 4 nitrogen and oxygen atoms in total. The van der Waals surface area contributed by atoms with E-state index in [1.807, 2.05) is 0 Å². The Morgan fingerprint density at radius 1 is 1.44 bits per heavy atom. The summed E-state index contributed by atoms with van der Waals surface area (Å²) in [5, 5.41) is 10.3. The molecule has 0 bridgehead atoms. The molecule has 1 aliphatic carbocycles. The van der Waals surface area contributed by atoms with Crippen LogP contribution in [0, 0.1) is 0 Å². The van der Waals surface area contributed by atoms with Gasteiger partial charge in [-0.1, -0.05) is 13.3 Å². The van der Waals surface area contributed by atoms with E-state index in [2.05, 4.69) is 22.4 Å². The third-order valence-corrected chi connectivity index (χ3v) is 3.94. The van der Waals surface area contributed by atoms with E-state index in [-0.39, 0.29) is 5.91 Å². The molecule has 2 heterocycles. The van der Waals surface area contributed by atoms with Crippen molar-refractivity contribution in [3.05, 3.63) is 11.3 Å². The zero-order chi connectivity index (χ0) is 11.1. The van der Waals surface area contributed by atoms with Gasteiger partial charge in [0.1, 0.15) is 0 Å². The van der Waals surface area contributed by atoms with E-state index < -0.39 is 0 Å². The fraction of sp³-hybridized carbons (Fsp3) is 0.667. The lowest BCUT2D eigenvalue weighted by molar-refractivity contribution is -0.116.